The third-order valence-electron chi connectivity index (χ3n) is 2.32. The zero-order chi connectivity index (χ0) is 16.0. The molecule has 1 aromatic carbocycles. The Hall–Kier alpha value is -1.84. The lowest BCUT2D eigenvalue weighted by Gasteiger charge is -2.21. The van der Waals surface area contributed by atoms with Crippen molar-refractivity contribution >= 4 is 39.3 Å². The summed E-state index contributed by atoms with van der Waals surface area (Å²) in [6, 6.07) is 5.30. The highest BCUT2D eigenvalue weighted by Gasteiger charge is 2.19. The predicted molar refractivity (Wildman–Crippen MR) is 77.8 cm³/mol. The van der Waals surface area contributed by atoms with E-state index in [4.69, 9.17) is 21.8 Å². The monoisotopic (exact) mass is 335 g/mol. The molecule has 0 aliphatic rings. The molecule has 0 aromatic heterocycles. The van der Waals surface area contributed by atoms with Gasteiger partial charge in [-0.05, 0) is 18.2 Å². The summed E-state index contributed by atoms with van der Waals surface area (Å²) in [7, 11) is -3.71. The first-order chi connectivity index (χ1) is 9.69. The van der Waals surface area contributed by atoms with E-state index in [2.05, 4.69) is 5.32 Å². The zero-order valence-corrected chi connectivity index (χ0v) is 12.4. The van der Waals surface area contributed by atoms with Crippen LogP contribution in [0, 0.1) is 0 Å². The van der Waals surface area contributed by atoms with E-state index in [0.717, 1.165) is 4.90 Å². The molecule has 2 amide bonds. The highest BCUT2D eigenvalue weighted by atomic mass is 35.5. The SMILES string of the molecule is NS(=O)(=O)CCNC(=O)N(CC(=O)O)c1cccc(Cl)c1. The number of primary sulfonamides is 1. The van der Waals surface area contributed by atoms with E-state index >= 15 is 0 Å². The average Bonchev–Trinajstić information content (AvgIpc) is 2.34. The maximum atomic E-state index is 11.9. The summed E-state index contributed by atoms with van der Waals surface area (Å²) < 4.78 is 21.6. The van der Waals surface area contributed by atoms with Gasteiger partial charge in [-0.2, -0.15) is 0 Å². The van der Waals surface area contributed by atoms with Gasteiger partial charge < -0.3 is 10.4 Å². The van der Waals surface area contributed by atoms with Gasteiger partial charge in [-0.3, -0.25) is 9.69 Å². The maximum Gasteiger partial charge on any atom is 0.323 e. The number of aliphatic carboxylic acids is 1. The van der Waals surface area contributed by atoms with E-state index in [-0.39, 0.29) is 12.2 Å². The van der Waals surface area contributed by atoms with Crippen LogP contribution in [0.25, 0.3) is 0 Å². The summed E-state index contributed by atoms with van der Waals surface area (Å²) in [6.45, 7) is -0.824. The van der Waals surface area contributed by atoms with Crippen molar-refractivity contribution in [2.24, 2.45) is 5.14 Å². The number of hydrogen-bond acceptors (Lipinski definition) is 4. The van der Waals surface area contributed by atoms with Gasteiger partial charge >= 0.3 is 12.0 Å². The van der Waals surface area contributed by atoms with Crippen LogP contribution in [0.15, 0.2) is 24.3 Å². The van der Waals surface area contributed by atoms with E-state index in [1.165, 1.54) is 12.1 Å². The largest absolute Gasteiger partial charge is 0.480 e. The number of anilines is 1. The molecule has 0 saturated heterocycles. The Morgan fingerprint density at radius 3 is 2.57 bits per heavy atom. The van der Waals surface area contributed by atoms with Gasteiger partial charge in [0.25, 0.3) is 0 Å². The number of benzene rings is 1. The van der Waals surface area contributed by atoms with E-state index < -0.39 is 34.3 Å². The Morgan fingerprint density at radius 1 is 1.38 bits per heavy atom. The first-order valence-electron chi connectivity index (χ1n) is 5.72. The van der Waals surface area contributed by atoms with E-state index in [1.54, 1.807) is 12.1 Å². The third kappa shape index (κ3) is 6.43. The molecule has 0 aliphatic heterocycles. The second-order valence-corrected chi connectivity index (χ2v) is 6.23. The number of carboxylic acids is 1. The number of nitrogens with zero attached hydrogens (tertiary/aromatic N) is 1. The molecular weight excluding hydrogens is 322 g/mol. The van der Waals surface area contributed by atoms with E-state index in [0.29, 0.717) is 5.02 Å². The molecule has 0 unspecified atom stereocenters. The maximum absolute atomic E-state index is 11.9. The number of rotatable bonds is 6. The van der Waals surface area contributed by atoms with Crippen LogP contribution in [0.2, 0.25) is 5.02 Å². The minimum atomic E-state index is -3.71. The van der Waals surface area contributed by atoms with Gasteiger partial charge in [-0.15, -0.1) is 0 Å². The Labute approximate surface area is 126 Å². The van der Waals surface area contributed by atoms with Crippen LogP contribution < -0.4 is 15.4 Å². The highest BCUT2D eigenvalue weighted by molar-refractivity contribution is 7.89. The van der Waals surface area contributed by atoms with Crippen molar-refractivity contribution in [1.82, 2.24) is 5.32 Å². The van der Waals surface area contributed by atoms with Crippen molar-refractivity contribution < 1.29 is 23.1 Å². The van der Waals surface area contributed by atoms with Gasteiger partial charge in [0, 0.05) is 17.3 Å². The minimum Gasteiger partial charge on any atom is -0.480 e. The Morgan fingerprint density at radius 2 is 2.05 bits per heavy atom. The van der Waals surface area contributed by atoms with Crippen LogP contribution in [-0.4, -0.2) is 44.4 Å². The lowest BCUT2D eigenvalue weighted by Crippen LogP contribution is -2.44. The minimum absolute atomic E-state index is 0.228. The fourth-order valence-corrected chi connectivity index (χ4v) is 2.03. The van der Waals surface area contributed by atoms with E-state index in [1.807, 2.05) is 0 Å². The van der Waals surface area contributed by atoms with Crippen LogP contribution in [-0.2, 0) is 14.8 Å². The lowest BCUT2D eigenvalue weighted by molar-refractivity contribution is -0.135. The van der Waals surface area contributed by atoms with Crippen molar-refractivity contribution in [1.29, 1.82) is 0 Å². The van der Waals surface area contributed by atoms with Gasteiger partial charge in [-0.25, -0.2) is 18.4 Å². The highest BCUT2D eigenvalue weighted by Crippen LogP contribution is 2.19. The fourth-order valence-electron chi connectivity index (χ4n) is 1.46. The molecule has 1 rings (SSSR count). The number of nitrogens with one attached hydrogen (secondary N) is 1. The molecule has 0 fully saturated rings. The fraction of sp³-hybridized carbons (Fsp3) is 0.273. The average molecular weight is 336 g/mol. The van der Waals surface area contributed by atoms with Crippen LogP contribution in [0.5, 0.6) is 0 Å². The predicted octanol–water partition coefficient (Wildman–Crippen LogP) is 0.229. The molecule has 10 heteroatoms. The Balaban J connectivity index is 2.82. The second-order valence-electron chi connectivity index (χ2n) is 4.06. The topological polar surface area (TPSA) is 130 Å². The number of carboxylic acid groups (broad SMARTS) is 1. The van der Waals surface area contributed by atoms with Crippen molar-refractivity contribution in [3.63, 3.8) is 0 Å². The molecule has 4 N–H and O–H groups in total. The van der Waals surface area contributed by atoms with Crippen LogP contribution in [0.1, 0.15) is 0 Å². The number of hydrogen-bond donors (Lipinski definition) is 3. The van der Waals surface area contributed by atoms with Gasteiger partial charge in [0.05, 0.1) is 5.75 Å². The first-order valence-corrected chi connectivity index (χ1v) is 7.81. The molecule has 0 spiro atoms. The molecule has 0 aliphatic carbocycles. The molecule has 0 radical (unpaired) electrons. The van der Waals surface area contributed by atoms with Crippen LogP contribution in [0.4, 0.5) is 10.5 Å². The summed E-state index contributed by atoms with van der Waals surface area (Å²) in [5.41, 5.74) is 0.276. The van der Waals surface area contributed by atoms with Crippen LogP contribution in [0.3, 0.4) is 0 Å². The molecule has 0 bridgehead atoms. The Bertz CT molecular complexity index is 635. The van der Waals surface area contributed by atoms with Crippen LogP contribution >= 0.6 is 11.6 Å². The summed E-state index contributed by atoms with van der Waals surface area (Å²) in [4.78, 5) is 23.7. The molecular formula is C11H14ClN3O5S. The smallest absolute Gasteiger partial charge is 0.323 e. The number of carbonyl (C=O) groups excluding carboxylic acids is 1. The number of urea groups is 1. The third-order valence-corrected chi connectivity index (χ3v) is 3.33. The Kier molecular flexibility index (Phi) is 5.94. The van der Waals surface area contributed by atoms with Gasteiger partial charge in [0.2, 0.25) is 10.0 Å². The quantitative estimate of drug-likeness (QED) is 0.685. The molecule has 0 heterocycles. The number of carbonyl (C=O) groups is 2. The summed E-state index contributed by atoms with van der Waals surface area (Å²) >= 11 is 5.79. The van der Waals surface area contributed by atoms with Crippen molar-refractivity contribution in [2.45, 2.75) is 0 Å². The second kappa shape index (κ2) is 7.25. The standard InChI is InChI=1S/C11H14ClN3O5S/c12-8-2-1-3-9(6-8)15(7-10(16)17)11(18)14-4-5-21(13,19)20/h1-3,6H,4-5,7H2,(H,14,18)(H,16,17)(H2,13,19,20). The number of nitrogens with two attached hydrogens (primary N) is 1. The van der Waals surface area contributed by atoms with Gasteiger partial charge in [-0.1, -0.05) is 17.7 Å². The van der Waals surface area contributed by atoms with Crippen molar-refractivity contribution in [2.75, 3.05) is 23.7 Å². The summed E-state index contributed by atoms with van der Waals surface area (Å²) in [5.74, 6) is -1.67. The first kappa shape index (κ1) is 17.2. The zero-order valence-electron chi connectivity index (χ0n) is 10.8. The number of amides is 2. The number of sulfonamides is 1. The molecule has 21 heavy (non-hydrogen) atoms. The van der Waals surface area contributed by atoms with E-state index in [9.17, 15) is 18.0 Å². The summed E-state index contributed by atoms with van der Waals surface area (Å²) in [5, 5.41) is 16.3. The molecule has 0 atom stereocenters. The normalized spacial score (nSPS) is 11.0. The molecule has 1 aromatic rings. The van der Waals surface area contributed by atoms with Crippen molar-refractivity contribution in [3.8, 4) is 0 Å². The van der Waals surface area contributed by atoms with Crippen molar-refractivity contribution in [3.05, 3.63) is 29.3 Å². The van der Waals surface area contributed by atoms with Gasteiger partial charge in [0.15, 0.2) is 0 Å². The van der Waals surface area contributed by atoms with Gasteiger partial charge in [0.1, 0.15) is 6.54 Å². The molecule has 0 saturated carbocycles. The summed E-state index contributed by atoms with van der Waals surface area (Å²) in [6.07, 6.45) is 0. The number of halogens is 1. The molecule has 8 nitrogen and oxygen atoms in total. The lowest BCUT2D eigenvalue weighted by atomic mass is 10.3. The molecule has 116 valence electrons.